The van der Waals surface area contributed by atoms with Gasteiger partial charge in [-0.3, -0.25) is 14.5 Å². The molecule has 0 spiro atoms. The summed E-state index contributed by atoms with van der Waals surface area (Å²) in [6.45, 7) is 4.82. The third-order valence-corrected chi connectivity index (χ3v) is 4.67. The molecule has 2 N–H and O–H groups in total. The zero-order valence-electron chi connectivity index (χ0n) is 13.4. The lowest BCUT2D eigenvalue weighted by Gasteiger charge is -2.44. The van der Waals surface area contributed by atoms with Crippen LogP contribution in [0.1, 0.15) is 36.5 Å². The third kappa shape index (κ3) is 3.47. The van der Waals surface area contributed by atoms with Crippen molar-refractivity contribution in [2.75, 3.05) is 31.5 Å². The Morgan fingerprint density at radius 1 is 1.22 bits per heavy atom. The van der Waals surface area contributed by atoms with E-state index < -0.39 is 0 Å². The van der Waals surface area contributed by atoms with Crippen molar-refractivity contribution in [2.24, 2.45) is 0 Å². The Hall–Kier alpha value is -2.08. The highest BCUT2D eigenvalue weighted by Gasteiger charge is 2.32. The van der Waals surface area contributed by atoms with Crippen LogP contribution in [0.4, 0.5) is 5.69 Å². The number of anilines is 1. The van der Waals surface area contributed by atoms with Crippen molar-refractivity contribution in [1.29, 1.82) is 0 Å². The predicted molar refractivity (Wildman–Crippen MR) is 87.5 cm³/mol. The summed E-state index contributed by atoms with van der Waals surface area (Å²) in [5.74, 6) is -0.417. The van der Waals surface area contributed by atoms with E-state index in [1.807, 2.05) is 4.90 Å². The molecule has 0 aromatic heterocycles. The predicted octanol–water partition coefficient (Wildman–Crippen LogP) is 1.66. The number of amides is 2. The Kier molecular flexibility index (Phi) is 4.52. The topological polar surface area (TPSA) is 72.9 Å². The lowest BCUT2D eigenvalue weighted by Crippen LogP contribution is -2.56. The van der Waals surface area contributed by atoms with Crippen LogP contribution >= 0.6 is 0 Å². The van der Waals surface area contributed by atoms with Crippen LogP contribution in [0, 0.1) is 0 Å². The molecule has 2 amide bonds. The Bertz CT molecular complexity index is 617. The van der Waals surface area contributed by atoms with E-state index >= 15 is 0 Å². The number of carbonyl (C=O) groups excluding carboxylic acids is 2. The molecule has 23 heavy (non-hydrogen) atoms. The van der Waals surface area contributed by atoms with Crippen LogP contribution in [0.25, 0.3) is 0 Å². The first-order valence-corrected chi connectivity index (χ1v) is 8.18. The molecule has 0 bridgehead atoms. The van der Waals surface area contributed by atoms with Crippen LogP contribution in [0.15, 0.2) is 18.2 Å². The number of fused-ring (bicyclic) bond motifs is 1. The monoisotopic (exact) mass is 317 g/mol. The standard InChI is InChI=1S/C17H23N3O3/c1-12(21)18-13-5-6-16(22)15(10-13)17(23)20-9-8-19-7-3-2-4-14(19)11-20/h5-6,10,14,22H,2-4,7-9,11H2,1H3,(H,18,21). The Morgan fingerprint density at radius 3 is 2.83 bits per heavy atom. The number of phenols is 1. The van der Waals surface area contributed by atoms with Crippen molar-refractivity contribution < 1.29 is 14.7 Å². The lowest BCUT2D eigenvalue weighted by atomic mass is 9.99. The van der Waals surface area contributed by atoms with Gasteiger partial charge in [0.05, 0.1) is 5.56 Å². The van der Waals surface area contributed by atoms with Crippen molar-refractivity contribution in [3.05, 3.63) is 23.8 Å². The highest BCUT2D eigenvalue weighted by molar-refractivity contribution is 5.99. The summed E-state index contributed by atoms with van der Waals surface area (Å²) >= 11 is 0. The van der Waals surface area contributed by atoms with Crippen LogP contribution in [0.5, 0.6) is 5.75 Å². The van der Waals surface area contributed by atoms with Gasteiger partial charge in [0.1, 0.15) is 5.75 Å². The van der Waals surface area contributed by atoms with E-state index in [0.29, 0.717) is 24.8 Å². The lowest BCUT2D eigenvalue weighted by molar-refractivity contribution is -0.114. The van der Waals surface area contributed by atoms with Crippen LogP contribution in [-0.4, -0.2) is 58.9 Å². The number of nitrogens with zero attached hydrogens (tertiary/aromatic N) is 2. The average molecular weight is 317 g/mol. The summed E-state index contributed by atoms with van der Waals surface area (Å²) in [7, 11) is 0. The van der Waals surface area contributed by atoms with E-state index in [4.69, 9.17) is 0 Å². The molecule has 2 aliphatic rings. The Balaban J connectivity index is 1.76. The second kappa shape index (κ2) is 6.58. The van der Waals surface area contributed by atoms with E-state index in [1.165, 1.54) is 25.8 Å². The third-order valence-electron chi connectivity index (χ3n) is 4.67. The molecule has 1 unspecified atom stereocenters. The van der Waals surface area contributed by atoms with E-state index in [1.54, 1.807) is 12.1 Å². The maximum atomic E-state index is 12.8. The number of rotatable bonds is 2. The quantitative estimate of drug-likeness (QED) is 0.814. The Labute approximate surface area is 136 Å². The van der Waals surface area contributed by atoms with Gasteiger partial charge < -0.3 is 15.3 Å². The first-order valence-electron chi connectivity index (χ1n) is 8.18. The molecule has 1 aromatic rings. The number of nitrogens with one attached hydrogen (secondary N) is 1. The molecule has 2 fully saturated rings. The van der Waals surface area contributed by atoms with Gasteiger partial charge in [0.2, 0.25) is 5.91 Å². The zero-order valence-corrected chi connectivity index (χ0v) is 13.4. The molecular weight excluding hydrogens is 294 g/mol. The molecule has 0 radical (unpaired) electrons. The second-order valence-electron chi connectivity index (χ2n) is 6.35. The SMILES string of the molecule is CC(=O)Nc1ccc(O)c(C(=O)N2CCN3CCCCC3C2)c1. The minimum atomic E-state index is -0.204. The number of hydrogen-bond acceptors (Lipinski definition) is 4. The number of carbonyl (C=O) groups is 2. The van der Waals surface area contributed by atoms with Crippen molar-refractivity contribution >= 4 is 17.5 Å². The first kappa shape index (κ1) is 15.8. The van der Waals surface area contributed by atoms with Gasteiger partial charge in [-0.25, -0.2) is 0 Å². The number of aromatic hydroxyl groups is 1. The highest BCUT2D eigenvalue weighted by Crippen LogP contribution is 2.26. The van der Waals surface area contributed by atoms with Crippen LogP contribution in [0.3, 0.4) is 0 Å². The fourth-order valence-corrected chi connectivity index (χ4v) is 3.50. The maximum absolute atomic E-state index is 12.8. The van der Waals surface area contributed by atoms with E-state index in [2.05, 4.69) is 10.2 Å². The van der Waals surface area contributed by atoms with Crippen molar-refractivity contribution in [3.63, 3.8) is 0 Å². The summed E-state index contributed by atoms with van der Waals surface area (Å²) in [4.78, 5) is 28.2. The molecule has 0 saturated carbocycles. The number of piperazine rings is 1. The maximum Gasteiger partial charge on any atom is 0.257 e. The van der Waals surface area contributed by atoms with Gasteiger partial charge >= 0.3 is 0 Å². The first-order chi connectivity index (χ1) is 11.0. The van der Waals surface area contributed by atoms with Gasteiger partial charge in [-0.05, 0) is 37.6 Å². The smallest absolute Gasteiger partial charge is 0.257 e. The molecule has 2 saturated heterocycles. The van der Waals surface area contributed by atoms with Gasteiger partial charge in [0, 0.05) is 38.3 Å². The van der Waals surface area contributed by atoms with E-state index in [9.17, 15) is 14.7 Å². The minimum absolute atomic E-state index is 0.0461. The number of piperidine rings is 1. The molecular formula is C17H23N3O3. The minimum Gasteiger partial charge on any atom is -0.507 e. The van der Waals surface area contributed by atoms with Gasteiger partial charge in [0.15, 0.2) is 0 Å². The fraction of sp³-hybridized carbons (Fsp3) is 0.529. The number of benzene rings is 1. The van der Waals surface area contributed by atoms with Crippen molar-refractivity contribution in [2.45, 2.75) is 32.2 Å². The average Bonchev–Trinajstić information content (AvgIpc) is 2.55. The van der Waals surface area contributed by atoms with Crippen LogP contribution < -0.4 is 5.32 Å². The second-order valence-corrected chi connectivity index (χ2v) is 6.35. The summed E-state index contributed by atoms with van der Waals surface area (Å²) in [5, 5.41) is 12.7. The zero-order chi connectivity index (χ0) is 16.4. The van der Waals surface area contributed by atoms with E-state index in [-0.39, 0.29) is 23.1 Å². The Morgan fingerprint density at radius 2 is 2.04 bits per heavy atom. The van der Waals surface area contributed by atoms with Gasteiger partial charge in [-0.15, -0.1) is 0 Å². The molecule has 6 heteroatoms. The van der Waals surface area contributed by atoms with Crippen LogP contribution in [0.2, 0.25) is 0 Å². The molecule has 0 aliphatic carbocycles. The van der Waals surface area contributed by atoms with Crippen molar-refractivity contribution in [1.82, 2.24) is 9.80 Å². The van der Waals surface area contributed by atoms with Crippen LogP contribution in [-0.2, 0) is 4.79 Å². The van der Waals surface area contributed by atoms with Crippen molar-refractivity contribution in [3.8, 4) is 5.75 Å². The molecule has 1 atom stereocenters. The molecule has 6 nitrogen and oxygen atoms in total. The summed E-state index contributed by atoms with van der Waals surface area (Å²) in [6.07, 6.45) is 3.58. The summed E-state index contributed by atoms with van der Waals surface area (Å²) in [5.41, 5.74) is 0.774. The number of hydrogen-bond donors (Lipinski definition) is 2. The molecule has 2 heterocycles. The van der Waals surface area contributed by atoms with Gasteiger partial charge in [0.25, 0.3) is 5.91 Å². The summed E-state index contributed by atoms with van der Waals surface area (Å²) in [6, 6.07) is 5.02. The molecule has 2 aliphatic heterocycles. The summed E-state index contributed by atoms with van der Waals surface area (Å²) < 4.78 is 0. The van der Waals surface area contributed by atoms with Gasteiger partial charge in [-0.2, -0.15) is 0 Å². The fourth-order valence-electron chi connectivity index (χ4n) is 3.50. The molecule has 3 rings (SSSR count). The largest absolute Gasteiger partial charge is 0.507 e. The molecule has 124 valence electrons. The van der Waals surface area contributed by atoms with E-state index in [0.717, 1.165) is 19.5 Å². The highest BCUT2D eigenvalue weighted by atomic mass is 16.3. The normalized spacial score (nSPS) is 21.6. The number of phenolic OH excluding ortho intramolecular Hbond substituents is 1. The molecule has 1 aromatic carbocycles. The van der Waals surface area contributed by atoms with Gasteiger partial charge in [-0.1, -0.05) is 6.42 Å².